The summed E-state index contributed by atoms with van der Waals surface area (Å²) in [6.45, 7) is 9.32. The van der Waals surface area contributed by atoms with Crippen LogP contribution >= 0.6 is 0 Å². The Morgan fingerprint density at radius 3 is 2.23 bits per heavy atom. The van der Waals surface area contributed by atoms with Gasteiger partial charge in [0.2, 0.25) is 11.8 Å². The van der Waals surface area contributed by atoms with Gasteiger partial charge in [-0.25, -0.2) is 0 Å². The zero-order valence-electron chi connectivity index (χ0n) is 14.1. The largest absolute Gasteiger partial charge is 0.491 e. The van der Waals surface area contributed by atoms with Gasteiger partial charge in [-0.2, -0.15) is 0 Å². The smallest absolute Gasteiger partial charge is 0.240 e. The number of hydrogen-bond donors (Lipinski definition) is 1. The highest BCUT2D eigenvalue weighted by Gasteiger charge is 2.16. The standard InChI is InChI=1S/C17H26N2O3/c1-6-13(4)18-17(21)11-19(14(5)20)15-7-9-16(10-8-15)22-12(2)3/h7-10,12-13H,6,11H2,1-5H3,(H,18,21). The van der Waals surface area contributed by atoms with Crippen LogP contribution in [0.1, 0.15) is 41.0 Å². The van der Waals surface area contributed by atoms with E-state index in [2.05, 4.69) is 5.32 Å². The molecule has 2 amide bonds. The van der Waals surface area contributed by atoms with Gasteiger partial charge in [0.05, 0.1) is 6.10 Å². The summed E-state index contributed by atoms with van der Waals surface area (Å²) in [6.07, 6.45) is 0.948. The summed E-state index contributed by atoms with van der Waals surface area (Å²) in [5, 5.41) is 2.86. The summed E-state index contributed by atoms with van der Waals surface area (Å²) in [5.74, 6) is 0.412. The molecular weight excluding hydrogens is 280 g/mol. The van der Waals surface area contributed by atoms with Gasteiger partial charge in [0.25, 0.3) is 0 Å². The average Bonchev–Trinajstić information content (AvgIpc) is 2.44. The first kappa shape index (κ1) is 18.0. The van der Waals surface area contributed by atoms with Crippen LogP contribution < -0.4 is 15.0 Å². The zero-order chi connectivity index (χ0) is 16.7. The fraction of sp³-hybridized carbons (Fsp3) is 0.529. The van der Waals surface area contributed by atoms with Gasteiger partial charge in [-0.05, 0) is 51.5 Å². The molecule has 0 saturated heterocycles. The highest BCUT2D eigenvalue weighted by molar-refractivity contribution is 5.97. The Labute approximate surface area is 132 Å². The molecule has 1 aromatic rings. The maximum absolute atomic E-state index is 12.0. The second kappa shape index (κ2) is 8.41. The molecule has 0 aliphatic heterocycles. The van der Waals surface area contributed by atoms with Crippen LogP contribution in [0.15, 0.2) is 24.3 Å². The molecule has 1 aromatic carbocycles. The predicted octanol–water partition coefficient (Wildman–Crippen LogP) is 2.74. The minimum absolute atomic E-state index is 0.0179. The van der Waals surface area contributed by atoms with Crippen LogP contribution in [-0.4, -0.2) is 30.5 Å². The first-order chi connectivity index (χ1) is 10.3. The number of hydrogen-bond acceptors (Lipinski definition) is 3. The number of rotatable bonds is 7. The lowest BCUT2D eigenvalue weighted by Gasteiger charge is -2.22. The second-order valence-electron chi connectivity index (χ2n) is 5.64. The van der Waals surface area contributed by atoms with Gasteiger partial charge in [0.15, 0.2) is 0 Å². The molecule has 1 N–H and O–H groups in total. The van der Waals surface area contributed by atoms with E-state index in [0.717, 1.165) is 12.2 Å². The van der Waals surface area contributed by atoms with E-state index >= 15 is 0 Å². The van der Waals surface area contributed by atoms with Crippen molar-refractivity contribution in [2.45, 2.75) is 53.2 Å². The Hall–Kier alpha value is -2.04. The van der Waals surface area contributed by atoms with Crippen molar-refractivity contribution in [1.82, 2.24) is 5.32 Å². The Morgan fingerprint density at radius 1 is 1.18 bits per heavy atom. The van der Waals surface area contributed by atoms with Crippen LogP contribution in [0.4, 0.5) is 5.69 Å². The molecule has 5 nitrogen and oxygen atoms in total. The van der Waals surface area contributed by atoms with Crippen LogP contribution in [0.25, 0.3) is 0 Å². The average molecular weight is 306 g/mol. The molecule has 0 bridgehead atoms. The van der Waals surface area contributed by atoms with Gasteiger partial charge in [-0.1, -0.05) is 6.92 Å². The monoisotopic (exact) mass is 306 g/mol. The Balaban J connectivity index is 2.78. The number of amides is 2. The molecule has 0 aliphatic rings. The minimum atomic E-state index is -0.170. The Morgan fingerprint density at radius 2 is 1.77 bits per heavy atom. The quantitative estimate of drug-likeness (QED) is 0.842. The molecule has 0 heterocycles. The minimum Gasteiger partial charge on any atom is -0.491 e. The molecule has 0 aromatic heterocycles. The first-order valence-corrected chi connectivity index (χ1v) is 7.67. The van der Waals surface area contributed by atoms with Crippen molar-refractivity contribution in [2.24, 2.45) is 0 Å². The second-order valence-corrected chi connectivity index (χ2v) is 5.64. The van der Waals surface area contributed by atoms with E-state index in [-0.39, 0.29) is 30.5 Å². The summed E-state index contributed by atoms with van der Waals surface area (Å²) in [7, 11) is 0. The van der Waals surface area contributed by atoms with Crippen molar-refractivity contribution >= 4 is 17.5 Å². The molecule has 5 heteroatoms. The van der Waals surface area contributed by atoms with Crippen molar-refractivity contribution in [3.8, 4) is 5.75 Å². The van der Waals surface area contributed by atoms with Crippen molar-refractivity contribution in [2.75, 3.05) is 11.4 Å². The van der Waals surface area contributed by atoms with E-state index in [4.69, 9.17) is 4.74 Å². The van der Waals surface area contributed by atoms with Crippen molar-refractivity contribution in [1.29, 1.82) is 0 Å². The van der Waals surface area contributed by atoms with Crippen molar-refractivity contribution < 1.29 is 14.3 Å². The van der Waals surface area contributed by atoms with Crippen LogP contribution in [0.3, 0.4) is 0 Å². The lowest BCUT2D eigenvalue weighted by atomic mass is 10.2. The van der Waals surface area contributed by atoms with Crippen LogP contribution in [0.5, 0.6) is 5.75 Å². The number of carbonyl (C=O) groups is 2. The van der Waals surface area contributed by atoms with Gasteiger partial charge in [0.1, 0.15) is 12.3 Å². The highest BCUT2D eigenvalue weighted by Crippen LogP contribution is 2.20. The molecule has 1 unspecified atom stereocenters. The third-order valence-electron chi connectivity index (χ3n) is 3.22. The number of nitrogens with zero attached hydrogens (tertiary/aromatic N) is 1. The van der Waals surface area contributed by atoms with Gasteiger partial charge in [-0.3, -0.25) is 9.59 Å². The van der Waals surface area contributed by atoms with E-state index in [1.54, 1.807) is 24.3 Å². The van der Waals surface area contributed by atoms with Crippen LogP contribution in [0, 0.1) is 0 Å². The summed E-state index contributed by atoms with van der Waals surface area (Å²) < 4.78 is 5.57. The van der Waals surface area contributed by atoms with E-state index < -0.39 is 0 Å². The summed E-state index contributed by atoms with van der Waals surface area (Å²) in [5.41, 5.74) is 0.683. The molecule has 1 rings (SSSR count). The summed E-state index contributed by atoms with van der Waals surface area (Å²) in [6, 6.07) is 7.28. The molecule has 0 aliphatic carbocycles. The predicted molar refractivity (Wildman–Crippen MR) is 88.1 cm³/mol. The molecule has 122 valence electrons. The van der Waals surface area contributed by atoms with E-state index in [1.807, 2.05) is 27.7 Å². The van der Waals surface area contributed by atoms with Crippen LogP contribution in [0.2, 0.25) is 0 Å². The Bertz CT molecular complexity index is 497. The van der Waals surface area contributed by atoms with E-state index in [0.29, 0.717) is 5.69 Å². The number of ether oxygens (including phenoxy) is 1. The molecule has 22 heavy (non-hydrogen) atoms. The Kier molecular flexibility index (Phi) is 6.89. The maximum Gasteiger partial charge on any atom is 0.240 e. The van der Waals surface area contributed by atoms with Crippen molar-refractivity contribution in [3.63, 3.8) is 0 Å². The lowest BCUT2D eigenvalue weighted by Crippen LogP contribution is -2.42. The molecule has 0 fully saturated rings. The maximum atomic E-state index is 12.0. The number of carbonyl (C=O) groups excluding carboxylic acids is 2. The summed E-state index contributed by atoms with van der Waals surface area (Å²) >= 11 is 0. The fourth-order valence-corrected chi connectivity index (χ4v) is 1.93. The summed E-state index contributed by atoms with van der Waals surface area (Å²) in [4.78, 5) is 25.3. The number of anilines is 1. The molecular formula is C17H26N2O3. The zero-order valence-corrected chi connectivity index (χ0v) is 14.1. The van der Waals surface area contributed by atoms with Gasteiger partial charge in [0, 0.05) is 18.7 Å². The molecule has 0 saturated carbocycles. The molecule has 0 radical (unpaired) electrons. The lowest BCUT2D eigenvalue weighted by molar-refractivity contribution is -0.123. The van der Waals surface area contributed by atoms with E-state index in [1.165, 1.54) is 11.8 Å². The van der Waals surface area contributed by atoms with E-state index in [9.17, 15) is 9.59 Å². The normalized spacial score (nSPS) is 11.9. The van der Waals surface area contributed by atoms with Gasteiger partial charge in [-0.15, -0.1) is 0 Å². The third-order valence-corrected chi connectivity index (χ3v) is 3.22. The first-order valence-electron chi connectivity index (χ1n) is 7.67. The van der Waals surface area contributed by atoms with Crippen LogP contribution in [-0.2, 0) is 9.59 Å². The fourth-order valence-electron chi connectivity index (χ4n) is 1.93. The molecule has 1 atom stereocenters. The topological polar surface area (TPSA) is 58.6 Å². The number of benzene rings is 1. The molecule has 0 spiro atoms. The number of nitrogens with one attached hydrogen (secondary N) is 1. The van der Waals surface area contributed by atoms with Gasteiger partial charge < -0.3 is 15.0 Å². The van der Waals surface area contributed by atoms with Crippen molar-refractivity contribution in [3.05, 3.63) is 24.3 Å². The SMILES string of the molecule is CCC(C)NC(=O)CN(C(C)=O)c1ccc(OC(C)C)cc1. The van der Waals surface area contributed by atoms with Gasteiger partial charge >= 0.3 is 0 Å². The third kappa shape index (κ3) is 5.76. The highest BCUT2D eigenvalue weighted by atomic mass is 16.5.